The van der Waals surface area contributed by atoms with Crippen molar-refractivity contribution >= 4 is 22.6 Å². The van der Waals surface area contributed by atoms with Crippen molar-refractivity contribution in [3.8, 4) is 11.1 Å². The highest BCUT2D eigenvalue weighted by atomic mass is 16.4. The van der Waals surface area contributed by atoms with Gasteiger partial charge in [0.2, 0.25) is 0 Å². The van der Waals surface area contributed by atoms with Crippen LogP contribution in [0.15, 0.2) is 45.9 Å². The van der Waals surface area contributed by atoms with Crippen LogP contribution in [0.2, 0.25) is 0 Å². The number of nitrogens with zero attached hydrogens (tertiary/aromatic N) is 2. The van der Waals surface area contributed by atoms with Crippen molar-refractivity contribution < 1.29 is 18.9 Å². The van der Waals surface area contributed by atoms with E-state index in [-0.39, 0.29) is 22.9 Å². The Morgan fingerprint density at radius 3 is 2.42 bits per heavy atom. The van der Waals surface area contributed by atoms with Gasteiger partial charge in [-0.2, -0.15) is 0 Å². The summed E-state index contributed by atoms with van der Waals surface area (Å²) >= 11 is 0. The predicted molar refractivity (Wildman–Crippen MR) is 139 cm³/mol. The topological polar surface area (TPSA) is 77.5 Å². The summed E-state index contributed by atoms with van der Waals surface area (Å²) < 4.78 is 8.18. The minimum atomic E-state index is -0.990. The van der Waals surface area contributed by atoms with Gasteiger partial charge < -0.3 is 19.2 Å². The lowest BCUT2D eigenvalue weighted by Gasteiger charge is -2.48. The fraction of sp³-hybridized carbons (Fsp3) is 0.500. The number of unbranched alkanes of at least 4 members (excludes halogenated alkanes) is 2. The molecule has 0 aliphatic carbocycles. The standard InChI is InChI=1S/C30H36N2O4/c1-29(2)11-16-32-17-12-30(3,4)25-26(32)23(29)19-21-18-22(28(35)36-27(21)25)20-9-14-31(15-10-20)13-7-5-6-8-24(33)34/h9-10,14-15,18-19H,5-8,11-13,16-17H2,1-4H3. The SMILES string of the molecule is CC1(C)CCN2CCC(C)(C)c3c2c1cc1cc(-c2cc[n+](CCCCCC(=O)[O-])cc2)c(=O)oc31. The Bertz CT molecular complexity index is 1370. The molecule has 0 spiro atoms. The molecule has 0 atom stereocenters. The number of aryl methyl sites for hydroxylation is 1. The molecule has 190 valence electrons. The zero-order valence-corrected chi connectivity index (χ0v) is 21.9. The van der Waals surface area contributed by atoms with Gasteiger partial charge in [0, 0.05) is 59.8 Å². The average Bonchev–Trinajstić information content (AvgIpc) is 2.82. The van der Waals surface area contributed by atoms with E-state index in [9.17, 15) is 14.7 Å². The Kier molecular flexibility index (Phi) is 6.17. The molecule has 5 rings (SSSR count). The summed E-state index contributed by atoms with van der Waals surface area (Å²) in [7, 11) is 0. The third-order valence-electron chi connectivity index (χ3n) is 8.23. The molecule has 0 bridgehead atoms. The molecule has 36 heavy (non-hydrogen) atoms. The maximum Gasteiger partial charge on any atom is 0.344 e. The number of benzene rings is 1. The molecule has 0 amide bonds. The first-order valence-corrected chi connectivity index (χ1v) is 13.2. The van der Waals surface area contributed by atoms with E-state index in [1.807, 2.05) is 30.6 Å². The normalized spacial score (nSPS) is 17.7. The molecule has 0 N–H and O–H groups in total. The van der Waals surface area contributed by atoms with E-state index in [1.165, 1.54) is 16.8 Å². The second-order valence-corrected chi connectivity index (χ2v) is 11.8. The zero-order chi connectivity index (χ0) is 25.7. The summed E-state index contributed by atoms with van der Waals surface area (Å²) in [5, 5.41) is 11.5. The number of hydrogen-bond acceptors (Lipinski definition) is 5. The second-order valence-electron chi connectivity index (χ2n) is 11.8. The van der Waals surface area contributed by atoms with Crippen molar-refractivity contribution in [2.75, 3.05) is 18.0 Å². The highest BCUT2D eigenvalue weighted by molar-refractivity contribution is 5.92. The summed E-state index contributed by atoms with van der Waals surface area (Å²) in [5.41, 5.74) is 5.67. The summed E-state index contributed by atoms with van der Waals surface area (Å²) in [6.07, 6.45) is 8.57. The number of fused-ring (bicyclic) bond motifs is 2. The monoisotopic (exact) mass is 488 g/mol. The Morgan fingerprint density at radius 2 is 1.72 bits per heavy atom. The van der Waals surface area contributed by atoms with Gasteiger partial charge in [0.25, 0.3) is 0 Å². The molecule has 0 radical (unpaired) electrons. The van der Waals surface area contributed by atoms with Crippen LogP contribution in [0.3, 0.4) is 0 Å². The predicted octanol–water partition coefficient (Wildman–Crippen LogP) is 4.23. The Morgan fingerprint density at radius 1 is 1.03 bits per heavy atom. The maximum atomic E-state index is 13.3. The number of anilines is 1. The van der Waals surface area contributed by atoms with Gasteiger partial charge in [-0.1, -0.05) is 27.7 Å². The highest BCUT2D eigenvalue weighted by Crippen LogP contribution is 2.51. The fourth-order valence-corrected chi connectivity index (χ4v) is 5.88. The molecule has 4 heterocycles. The number of aromatic nitrogens is 1. The summed E-state index contributed by atoms with van der Waals surface area (Å²) in [6, 6.07) is 8.18. The minimum absolute atomic E-state index is 0.0652. The third-order valence-corrected chi connectivity index (χ3v) is 8.23. The van der Waals surface area contributed by atoms with Crippen molar-refractivity contribution in [2.45, 2.75) is 83.6 Å². The first kappa shape index (κ1) is 24.5. The molecule has 6 nitrogen and oxygen atoms in total. The number of carbonyl (C=O) groups is 1. The number of carboxylic acids is 1. The molecular weight excluding hydrogens is 452 g/mol. The van der Waals surface area contributed by atoms with Gasteiger partial charge in [-0.25, -0.2) is 9.36 Å². The van der Waals surface area contributed by atoms with Crippen molar-refractivity contribution in [2.24, 2.45) is 0 Å². The van der Waals surface area contributed by atoms with E-state index in [2.05, 4.69) is 43.2 Å². The lowest BCUT2D eigenvalue weighted by Crippen LogP contribution is -2.44. The van der Waals surface area contributed by atoms with E-state index in [0.717, 1.165) is 61.9 Å². The van der Waals surface area contributed by atoms with E-state index in [1.54, 1.807) is 0 Å². The quantitative estimate of drug-likeness (QED) is 0.283. The average molecular weight is 489 g/mol. The van der Waals surface area contributed by atoms with Gasteiger partial charge in [0.1, 0.15) is 12.1 Å². The number of hydrogen-bond donors (Lipinski definition) is 0. The molecule has 2 aliphatic heterocycles. The number of rotatable bonds is 7. The van der Waals surface area contributed by atoms with Crippen LogP contribution in [0.25, 0.3) is 22.1 Å². The number of carboxylic acid groups (broad SMARTS) is 1. The van der Waals surface area contributed by atoms with Crippen molar-refractivity contribution in [1.29, 1.82) is 0 Å². The Balaban J connectivity index is 1.51. The van der Waals surface area contributed by atoms with Crippen LogP contribution >= 0.6 is 0 Å². The Labute approximate surface area is 212 Å². The van der Waals surface area contributed by atoms with E-state index in [4.69, 9.17) is 4.42 Å². The van der Waals surface area contributed by atoms with Crippen molar-refractivity contribution in [1.82, 2.24) is 0 Å². The molecule has 3 aromatic rings. The van der Waals surface area contributed by atoms with Gasteiger partial charge in [0.05, 0.1) is 5.56 Å². The summed E-state index contributed by atoms with van der Waals surface area (Å²) in [5.74, 6) is -0.990. The summed E-state index contributed by atoms with van der Waals surface area (Å²) in [4.78, 5) is 26.3. The van der Waals surface area contributed by atoms with Crippen LogP contribution in [0.1, 0.15) is 77.3 Å². The largest absolute Gasteiger partial charge is 0.550 e. The van der Waals surface area contributed by atoms with Gasteiger partial charge in [-0.15, -0.1) is 0 Å². The lowest BCUT2D eigenvalue weighted by atomic mass is 9.69. The van der Waals surface area contributed by atoms with E-state index >= 15 is 0 Å². The lowest BCUT2D eigenvalue weighted by molar-refractivity contribution is -0.697. The van der Waals surface area contributed by atoms with Crippen molar-refractivity contribution in [3.63, 3.8) is 0 Å². The van der Waals surface area contributed by atoms with Gasteiger partial charge in [-0.05, 0) is 60.6 Å². The maximum absolute atomic E-state index is 13.3. The second kappa shape index (κ2) is 9.06. The fourth-order valence-electron chi connectivity index (χ4n) is 5.88. The molecule has 0 unspecified atom stereocenters. The van der Waals surface area contributed by atoms with Crippen molar-refractivity contribution in [3.05, 3.63) is 58.2 Å². The third kappa shape index (κ3) is 4.42. The van der Waals surface area contributed by atoms with Gasteiger partial charge >= 0.3 is 5.63 Å². The van der Waals surface area contributed by atoms with Crippen LogP contribution < -0.4 is 20.2 Å². The molecule has 2 aliphatic rings. The molecular formula is C30H36N2O4. The molecule has 0 saturated heterocycles. The number of pyridine rings is 1. The zero-order valence-electron chi connectivity index (χ0n) is 21.9. The molecule has 2 aromatic heterocycles. The van der Waals surface area contributed by atoms with E-state index in [0.29, 0.717) is 12.0 Å². The molecule has 0 fully saturated rings. The molecule has 6 heteroatoms. The Hall–Kier alpha value is -3.15. The van der Waals surface area contributed by atoms with Gasteiger partial charge in [-0.3, -0.25) is 0 Å². The van der Waals surface area contributed by atoms with Crippen LogP contribution in [-0.4, -0.2) is 19.1 Å². The molecule has 0 saturated carbocycles. The van der Waals surface area contributed by atoms with Crippen LogP contribution in [0, 0.1) is 0 Å². The highest BCUT2D eigenvalue weighted by Gasteiger charge is 2.41. The van der Waals surface area contributed by atoms with Gasteiger partial charge in [0.15, 0.2) is 12.4 Å². The number of carbonyl (C=O) groups excluding carboxylic acids is 1. The summed E-state index contributed by atoms with van der Waals surface area (Å²) in [6.45, 7) is 12.1. The first-order valence-electron chi connectivity index (χ1n) is 13.2. The first-order chi connectivity index (χ1) is 17.1. The van der Waals surface area contributed by atoms with E-state index < -0.39 is 5.97 Å². The minimum Gasteiger partial charge on any atom is -0.550 e. The van der Waals surface area contributed by atoms with Crippen LogP contribution in [0.5, 0.6) is 0 Å². The number of aliphatic carboxylic acids is 1. The molecule has 1 aromatic carbocycles. The van der Waals surface area contributed by atoms with Crippen LogP contribution in [-0.2, 0) is 22.2 Å². The smallest absolute Gasteiger partial charge is 0.344 e. The van der Waals surface area contributed by atoms with Crippen LogP contribution in [0.4, 0.5) is 5.69 Å².